The minimum atomic E-state index is 0.215. The quantitative estimate of drug-likeness (QED) is 0.802. The first-order chi connectivity index (χ1) is 8.79. The summed E-state index contributed by atoms with van der Waals surface area (Å²) in [6.07, 6.45) is 3.61. The Morgan fingerprint density at radius 3 is 2.67 bits per heavy atom. The Kier molecular flexibility index (Phi) is 4.62. The summed E-state index contributed by atoms with van der Waals surface area (Å²) in [5.41, 5.74) is 1.01. The van der Waals surface area contributed by atoms with Gasteiger partial charge in [0.25, 0.3) is 0 Å². The molecule has 1 aliphatic carbocycles. The Morgan fingerprint density at radius 2 is 2.06 bits per heavy atom. The van der Waals surface area contributed by atoms with E-state index in [0.29, 0.717) is 6.54 Å². The van der Waals surface area contributed by atoms with Gasteiger partial charge in [0, 0.05) is 18.8 Å². The molecule has 1 fully saturated rings. The Bertz CT molecular complexity index is 373. The van der Waals surface area contributed by atoms with Crippen molar-refractivity contribution in [3.05, 3.63) is 30.3 Å². The molecule has 1 aromatic carbocycles. The van der Waals surface area contributed by atoms with Gasteiger partial charge in [-0.2, -0.15) is 0 Å². The van der Waals surface area contributed by atoms with E-state index >= 15 is 0 Å². The molecular formula is C15H22N2O. The molecule has 2 rings (SSSR count). The third-order valence-electron chi connectivity index (χ3n) is 3.24. The van der Waals surface area contributed by atoms with Gasteiger partial charge in [0.2, 0.25) is 5.91 Å². The third-order valence-corrected chi connectivity index (χ3v) is 3.24. The molecule has 1 saturated carbocycles. The maximum absolute atomic E-state index is 12.1. The van der Waals surface area contributed by atoms with Crippen LogP contribution < -0.4 is 5.32 Å². The van der Waals surface area contributed by atoms with Crippen LogP contribution in [0.2, 0.25) is 0 Å². The molecular weight excluding hydrogens is 224 g/mol. The molecule has 1 amide bonds. The predicted molar refractivity (Wildman–Crippen MR) is 74.5 cm³/mol. The van der Waals surface area contributed by atoms with Crippen LogP contribution in [0.25, 0.3) is 0 Å². The van der Waals surface area contributed by atoms with E-state index in [1.54, 1.807) is 0 Å². The van der Waals surface area contributed by atoms with Crippen LogP contribution in [0.15, 0.2) is 30.3 Å². The van der Waals surface area contributed by atoms with Crippen LogP contribution in [0.4, 0.5) is 5.69 Å². The predicted octanol–water partition coefficient (Wildman–Crippen LogP) is 2.75. The number of para-hydroxylation sites is 1. The van der Waals surface area contributed by atoms with Crippen LogP contribution in [0.5, 0.6) is 0 Å². The summed E-state index contributed by atoms with van der Waals surface area (Å²) < 4.78 is 0. The van der Waals surface area contributed by atoms with Crippen molar-refractivity contribution in [1.29, 1.82) is 0 Å². The second kappa shape index (κ2) is 6.43. The zero-order chi connectivity index (χ0) is 12.8. The molecule has 0 aliphatic heterocycles. The molecule has 0 atom stereocenters. The SMILES string of the molecule is CCCN(CC1CC1)C(=O)CNc1ccccc1. The molecule has 98 valence electrons. The average molecular weight is 246 g/mol. The summed E-state index contributed by atoms with van der Waals surface area (Å²) in [6.45, 7) is 4.35. The molecule has 0 aromatic heterocycles. The van der Waals surface area contributed by atoms with Crippen molar-refractivity contribution in [1.82, 2.24) is 4.90 Å². The zero-order valence-corrected chi connectivity index (χ0v) is 11.1. The van der Waals surface area contributed by atoms with Crippen molar-refractivity contribution in [2.45, 2.75) is 26.2 Å². The lowest BCUT2D eigenvalue weighted by Crippen LogP contribution is -2.37. The summed E-state index contributed by atoms with van der Waals surface area (Å²) >= 11 is 0. The van der Waals surface area contributed by atoms with Gasteiger partial charge >= 0.3 is 0 Å². The number of benzene rings is 1. The third kappa shape index (κ3) is 4.06. The molecule has 0 spiro atoms. The van der Waals surface area contributed by atoms with Crippen LogP contribution in [0.3, 0.4) is 0 Å². The first-order valence-corrected chi connectivity index (χ1v) is 6.86. The van der Waals surface area contributed by atoms with Crippen molar-refractivity contribution in [3.8, 4) is 0 Å². The highest BCUT2D eigenvalue weighted by Crippen LogP contribution is 2.29. The highest BCUT2D eigenvalue weighted by molar-refractivity contribution is 5.80. The Morgan fingerprint density at radius 1 is 1.33 bits per heavy atom. The summed E-state index contributed by atoms with van der Waals surface area (Å²) in [7, 11) is 0. The molecule has 1 N–H and O–H groups in total. The summed E-state index contributed by atoms with van der Waals surface area (Å²) in [4.78, 5) is 14.1. The molecule has 1 aliphatic rings. The van der Waals surface area contributed by atoms with Crippen LogP contribution >= 0.6 is 0 Å². The minimum absolute atomic E-state index is 0.215. The molecule has 3 heteroatoms. The van der Waals surface area contributed by atoms with Gasteiger partial charge in [-0.05, 0) is 37.3 Å². The fourth-order valence-corrected chi connectivity index (χ4v) is 2.05. The monoisotopic (exact) mass is 246 g/mol. The van der Waals surface area contributed by atoms with Gasteiger partial charge in [-0.1, -0.05) is 25.1 Å². The van der Waals surface area contributed by atoms with Gasteiger partial charge < -0.3 is 10.2 Å². The van der Waals surface area contributed by atoms with Gasteiger partial charge in [-0.25, -0.2) is 0 Å². The molecule has 0 unspecified atom stereocenters. The van der Waals surface area contributed by atoms with E-state index < -0.39 is 0 Å². The molecule has 18 heavy (non-hydrogen) atoms. The van der Waals surface area contributed by atoms with Crippen LogP contribution in [0.1, 0.15) is 26.2 Å². The highest BCUT2D eigenvalue weighted by Gasteiger charge is 2.26. The number of hydrogen-bond donors (Lipinski definition) is 1. The van der Waals surface area contributed by atoms with Gasteiger partial charge in [0.05, 0.1) is 6.54 Å². The van der Waals surface area contributed by atoms with Gasteiger partial charge in [-0.3, -0.25) is 4.79 Å². The summed E-state index contributed by atoms with van der Waals surface area (Å²) in [5, 5.41) is 3.19. The molecule has 3 nitrogen and oxygen atoms in total. The molecule has 0 heterocycles. The van der Waals surface area contributed by atoms with E-state index in [9.17, 15) is 4.79 Å². The normalized spacial score (nSPS) is 14.3. The number of nitrogens with one attached hydrogen (secondary N) is 1. The Hall–Kier alpha value is -1.51. The lowest BCUT2D eigenvalue weighted by atomic mass is 10.3. The molecule has 1 aromatic rings. The molecule has 0 saturated heterocycles. The van der Waals surface area contributed by atoms with Crippen LogP contribution in [-0.4, -0.2) is 30.4 Å². The van der Waals surface area contributed by atoms with Crippen molar-refractivity contribution >= 4 is 11.6 Å². The lowest BCUT2D eigenvalue weighted by molar-refractivity contribution is -0.129. The molecule has 0 bridgehead atoms. The summed E-state index contributed by atoms with van der Waals surface area (Å²) in [6, 6.07) is 9.89. The number of amides is 1. The van der Waals surface area contributed by atoms with Crippen molar-refractivity contribution in [2.24, 2.45) is 5.92 Å². The standard InChI is InChI=1S/C15H22N2O/c1-2-10-17(12-13-8-9-13)15(18)11-16-14-6-4-3-5-7-14/h3-7,13,16H,2,8-12H2,1H3. The number of carbonyl (C=O) groups is 1. The molecule has 0 radical (unpaired) electrons. The lowest BCUT2D eigenvalue weighted by Gasteiger charge is -2.22. The number of rotatable bonds is 7. The topological polar surface area (TPSA) is 32.3 Å². The van der Waals surface area contributed by atoms with Crippen molar-refractivity contribution in [2.75, 3.05) is 25.0 Å². The fraction of sp³-hybridized carbons (Fsp3) is 0.533. The van der Waals surface area contributed by atoms with Crippen LogP contribution in [-0.2, 0) is 4.79 Å². The van der Waals surface area contributed by atoms with E-state index in [-0.39, 0.29) is 5.91 Å². The maximum atomic E-state index is 12.1. The minimum Gasteiger partial charge on any atom is -0.376 e. The second-order valence-electron chi connectivity index (χ2n) is 5.00. The second-order valence-corrected chi connectivity index (χ2v) is 5.00. The number of hydrogen-bond acceptors (Lipinski definition) is 2. The van der Waals surface area contributed by atoms with E-state index in [1.807, 2.05) is 35.2 Å². The first kappa shape index (κ1) is 12.9. The number of carbonyl (C=O) groups excluding carboxylic acids is 1. The first-order valence-electron chi connectivity index (χ1n) is 6.86. The maximum Gasteiger partial charge on any atom is 0.241 e. The zero-order valence-electron chi connectivity index (χ0n) is 11.1. The van der Waals surface area contributed by atoms with Gasteiger partial charge in [0.1, 0.15) is 0 Å². The van der Waals surface area contributed by atoms with Gasteiger partial charge in [-0.15, -0.1) is 0 Å². The number of nitrogens with zero attached hydrogens (tertiary/aromatic N) is 1. The van der Waals surface area contributed by atoms with E-state index in [1.165, 1.54) is 12.8 Å². The Balaban J connectivity index is 1.80. The van der Waals surface area contributed by atoms with E-state index in [2.05, 4.69) is 12.2 Å². The number of anilines is 1. The van der Waals surface area contributed by atoms with Crippen molar-refractivity contribution in [3.63, 3.8) is 0 Å². The summed E-state index contributed by atoms with van der Waals surface area (Å²) in [5.74, 6) is 0.977. The van der Waals surface area contributed by atoms with Gasteiger partial charge in [0.15, 0.2) is 0 Å². The van der Waals surface area contributed by atoms with E-state index in [4.69, 9.17) is 0 Å². The smallest absolute Gasteiger partial charge is 0.241 e. The van der Waals surface area contributed by atoms with E-state index in [0.717, 1.165) is 31.1 Å². The van der Waals surface area contributed by atoms with Crippen molar-refractivity contribution < 1.29 is 4.79 Å². The van der Waals surface area contributed by atoms with Crippen LogP contribution in [0, 0.1) is 5.92 Å². The Labute approximate surface area is 109 Å². The highest BCUT2D eigenvalue weighted by atomic mass is 16.2. The largest absolute Gasteiger partial charge is 0.376 e. The average Bonchev–Trinajstić information content (AvgIpc) is 3.21. The fourth-order valence-electron chi connectivity index (χ4n) is 2.05.